The fourth-order valence-electron chi connectivity index (χ4n) is 11.7. The van der Waals surface area contributed by atoms with Gasteiger partial charge in [-0.25, -0.2) is 0 Å². The van der Waals surface area contributed by atoms with Crippen molar-refractivity contribution in [2.24, 2.45) is 0 Å². The molecule has 0 aliphatic heterocycles. The summed E-state index contributed by atoms with van der Waals surface area (Å²) in [6.45, 7) is 18.4. The van der Waals surface area contributed by atoms with Crippen LogP contribution in [-0.4, -0.2) is 18.9 Å². The van der Waals surface area contributed by atoms with Crippen LogP contribution in [0.15, 0.2) is 194 Å². The monoisotopic (exact) mass is 1190 g/mol. The molecule has 13 aromatic rings. The maximum Gasteiger partial charge on any atom is 2.00 e. The SMILES string of the molecule is CC(C)c1cc(-c2ccccc2)cc(C(C)C)c1-c1ccc2c3ccc(Oc4[c-]c(-c5nc6ccccc6n5-c5c(C(C)C)cc(-c6ccccc6)cc5C(C)C)ccc4)[c-]c3c3nc4cc5ccccc5cc4n3c2c1.[Pt+2]. The number of imidazole rings is 2. The zero-order chi connectivity index (χ0) is 52.6. The Kier molecular flexibility index (Phi) is 13.2. The van der Waals surface area contributed by atoms with Gasteiger partial charge in [0.15, 0.2) is 0 Å². The summed E-state index contributed by atoms with van der Waals surface area (Å²) >= 11 is 0. The smallest absolute Gasteiger partial charge is 0.497 e. The average Bonchev–Trinajstić information content (AvgIpc) is 4.25. The molecule has 6 heteroatoms. The van der Waals surface area contributed by atoms with Gasteiger partial charge < -0.3 is 13.7 Å². The summed E-state index contributed by atoms with van der Waals surface area (Å²) in [5.74, 6) is 3.06. The standard InChI is InChI=1S/C72H60N4O.Pt/c1-43(2)59-35-53(47-20-11-9-12-21-47)36-60(44(3)4)69(59)51-30-32-58-57-33-31-56(42-63(57)72-74-65-39-49-24-15-16-25-50(49)40-68(65)75(72)67(58)41-51)77-55-27-19-26-52(34-55)71-73-64-28-17-18-29-66(64)76(71)70-61(45(5)6)37-54(38-62(70)46(7)8)48-22-13-10-14-23-48;/h9-33,35-41,43-46H,1-8H3;/q-2;+2. The van der Waals surface area contributed by atoms with Crippen LogP contribution in [0.25, 0.3) is 111 Å². The van der Waals surface area contributed by atoms with Crippen molar-refractivity contribution in [2.75, 3.05) is 0 Å². The van der Waals surface area contributed by atoms with Gasteiger partial charge in [-0.2, -0.15) is 0 Å². The van der Waals surface area contributed by atoms with E-state index in [1.807, 2.05) is 18.2 Å². The molecule has 0 N–H and O–H groups in total. The van der Waals surface area contributed by atoms with Gasteiger partial charge in [0.25, 0.3) is 0 Å². The van der Waals surface area contributed by atoms with E-state index in [-0.39, 0.29) is 32.9 Å². The number of rotatable bonds is 11. The fraction of sp³-hybridized carbons (Fsp3) is 0.167. The van der Waals surface area contributed by atoms with E-state index < -0.39 is 0 Å². The largest absolute Gasteiger partial charge is 2.00 e. The molecule has 0 unspecified atom stereocenters. The maximum atomic E-state index is 6.86. The first kappa shape index (κ1) is 50.7. The van der Waals surface area contributed by atoms with Gasteiger partial charge in [0.1, 0.15) is 0 Å². The minimum Gasteiger partial charge on any atom is -0.497 e. The quantitative estimate of drug-likeness (QED) is 0.0958. The second kappa shape index (κ2) is 20.4. The molecule has 0 aliphatic rings. The van der Waals surface area contributed by atoms with Crippen molar-refractivity contribution in [3.63, 3.8) is 0 Å². The van der Waals surface area contributed by atoms with Crippen molar-refractivity contribution >= 4 is 60.2 Å². The van der Waals surface area contributed by atoms with E-state index in [0.29, 0.717) is 23.3 Å². The van der Waals surface area contributed by atoms with E-state index >= 15 is 0 Å². The van der Waals surface area contributed by atoms with Gasteiger partial charge in [-0.3, -0.25) is 9.97 Å². The number of fused-ring (bicyclic) bond motifs is 10. The Labute approximate surface area is 471 Å². The molecular formula is C72H60N4OPt. The maximum absolute atomic E-state index is 6.86. The summed E-state index contributed by atoms with van der Waals surface area (Å²) in [5, 5.41) is 5.39. The molecule has 10 aromatic carbocycles. The number of pyridine rings is 1. The average molecular weight is 1190 g/mol. The normalized spacial score (nSPS) is 11.9. The van der Waals surface area contributed by atoms with E-state index in [1.165, 1.54) is 66.7 Å². The molecular weight excluding hydrogens is 1130 g/mol. The summed E-state index contributed by atoms with van der Waals surface area (Å²) in [6, 6.07) is 77.3. The van der Waals surface area contributed by atoms with Crippen LogP contribution in [0.5, 0.6) is 11.5 Å². The van der Waals surface area contributed by atoms with Crippen LogP contribution in [0.1, 0.15) is 101 Å². The summed E-state index contributed by atoms with van der Waals surface area (Å²) in [7, 11) is 0. The third-order valence-electron chi connectivity index (χ3n) is 15.6. The molecule has 0 radical (unpaired) electrons. The second-order valence-electron chi connectivity index (χ2n) is 22.0. The van der Waals surface area contributed by atoms with Gasteiger partial charge in [-0.05, 0) is 138 Å². The van der Waals surface area contributed by atoms with Crippen LogP contribution >= 0.6 is 0 Å². The third-order valence-corrected chi connectivity index (χ3v) is 15.6. The molecule has 0 saturated carbocycles. The predicted octanol–water partition coefficient (Wildman–Crippen LogP) is 19.8. The Balaban J connectivity index is 0.00000609. The van der Waals surface area contributed by atoms with Gasteiger partial charge in [0.05, 0.1) is 33.5 Å². The van der Waals surface area contributed by atoms with Crippen molar-refractivity contribution in [2.45, 2.75) is 79.1 Å². The van der Waals surface area contributed by atoms with Crippen LogP contribution < -0.4 is 4.74 Å². The Morgan fingerprint density at radius 3 is 1.62 bits per heavy atom. The van der Waals surface area contributed by atoms with Crippen molar-refractivity contribution in [1.29, 1.82) is 0 Å². The van der Waals surface area contributed by atoms with E-state index in [9.17, 15) is 0 Å². The molecule has 0 saturated heterocycles. The fourth-order valence-corrected chi connectivity index (χ4v) is 11.7. The topological polar surface area (TPSA) is 44.3 Å². The molecule has 0 aliphatic carbocycles. The Hall–Kier alpha value is -8.11. The number of ether oxygens (including phenoxy) is 1. The van der Waals surface area contributed by atoms with Crippen molar-refractivity contribution in [1.82, 2.24) is 18.9 Å². The van der Waals surface area contributed by atoms with Gasteiger partial charge in [-0.15, -0.1) is 29.8 Å². The summed E-state index contributed by atoms with van der Waals surface area (Å²) < 4.78 is 11.6. The minimum absolute atomic E-state index is 0. The molecule has 0 bridgehead atoms. The van der Waals surface area contributed by atoms with E-state index in [0.717, 1.165) is 66.2 Å². The summed E-state index contributed by atoms with van der Waals surface area (Å²) in [6.07, 6.45) is 0. The molecule has 13 rings (SSSR count). The Morgan fingerprint density at radius 2 is 0.974 bits per heavy atom. The molecule has 3 aromatic heterocycles. The molecule has 0 spiro atoms. The van der Waals surface area contributed by atoms with Crippen LogP contribution in [-0.2, 0) is 21.1 Å². The number of para-hydroxylation sites is 2. The first-order chi connectivity index (χ1) is 37.5. The number of hydrogen-bond acceptors (Lipinski definition) is 3. The number of nitrogens with zero attached hydrogens (tertiary/aromatic N) is 4. The summed E-state index contributed by atoms with van der Waals surface area (Å²) in [5.41, 5.74) is 20.6. The van der Waals surface area contributed by atoms with Gasteiger partial charge in [0.2, 0.25) is 0 Å². The Morgan fingerprint density at radius 1 is 0.410 bits per heavy atom. The minimum atomic E-state index is 0. The first-order valence-corrected chi connectivity index (χ1v) is 27.3. The zero-order valence-electron chi connectivity index (χ0n) is 45.3. The molecule has 0 fully saturated rings. The molecule has 3 heterocycles. The third kappa shape index (κ3) is 8.79. The molecule has 0 amide bonds. The zero-order valence-corrected chi connectivity index (χ0v) is 47.6. The van der Waals surface area contributed by atoms with E-state index in [1.54, 1.807) is 0 Å². The van der Waals surface area contributed by atoms with Crippen LogP contribution in [0.4, 0.5) is 0 Å². The first-order valence-electron chi connectivity index (χ1n) is 27.3. The molecule has 0 atom stereocenters. The molecule has 5 nitrogen and oxygen atoms in total. The predicted molar refractivity (Wildman–Crippen MR) is 322 cm³/mol. The van der Waals surface area contributed by atoms with E-state index in [4.69, 9.17) is 14.7 Å². The van der Waals surface area contributed by atoms with Gasteiger partial charge in [-0.1, -0.05) is 206 Å². The Bertz CT molecular complexity index is 4370. The number of aromatic nitrogens is 4. The van der Waals surface area contributed by atoms with Crippen molar-refractivity contribution in [3.05, 3.63) is 229 Å². The molecule has 384 valence electrons. The second-order valence-corrected chi connectivity index (χ2v) is 22.0. The van der Waals surface area contributed by atoms with Crippen molar-refractivity contribution < 1.29 is 25.8 Å². The summed E-state index contributed by atoms with van der Waals surface area (Å²) in [4.78, 5) is 10.8. The van der Waals surface area contributed by atoms with Crippen molar-refractivity contribution in [3.8, 4) is 62.0 Å². The van der Waals surface area contributed by atoms with Crippen LogP contribution in [0.2, 0.25) is 0 Å². The van der Waals surface area contributed by atoms with Crippen LogP contribution in [0, 0.1) is 12.1 Å². The van der Waals surface area contributed by atoms with E-state index in [2.05, 4.69) is 252 Å². The van der Waals surface area contributed by atoms with Gasteiger partial charge >= 0.3 is 21.1 Å². The molecule has 78 heavy (non-hydrogen) atoms. The number of hydrogen-bond donors (Lipinski definition) is 0. The number of benzene rings is 10. The van der Waals surface area contributed by atoms with Crippen LogP contribution in [0.3, 0.4) is 0 Å². The van der Waals surface area contributed by atoms with Gasteiger partial charge in [0, 0.05) is 22.7 Å².